The molecule has 2 rings (SSSR count). The van der Waals surface area contributed by atoms with Gasteiger partial charge in [-0.15, -0.1) is 0 Å². The first kappa shape index (κ1) is 11.7. The Bertz CT molecular complexity index is 266. The first-order chi connectivity index (χ1) is 7.77. The largest absolute Gasteiger partial charge is 0.345 e. The van der Waals surface area contributed by atoms with Crippen molar-refractivity contribution in [2.45, 2.75) is 44.9 Å². The van der Waals surface area contributed by atoms with E-state index in [0.717, 1.165) is 31.7 Å². The van der Waals surface area contributed by atoms with Gasteiger partial charge in [0.1, 0.15) is 0 Å². The monoisotopic (exact) mass is 221 g/mol. The van der Waals surface area contributed by atoms with Crippen molar-refractivity contribution < 1.29 is 4.79 Å². The van der Waals surface area contributed by atoms with E-state index in [1.165, 1.54) is 25.7 Å². The quantitative estimate of drug-likeness (QED) is 0.671. The fourth-order valence-electron chi connectivity index (χ4n) is 3.00. The Morgan fingerprint density at radius 3 is 2.62 bits per heavy atom. The molecule has 1 saturated carbocycles. The number of allylic oxidation sites excluding steroid dienone is 2. The molecule has 1 unspecified atom stereocenters. The topological polar surface area (TPSA) is 20.3 Å². The van der Waals surface area contributed by atoms with Crippen molar-refractivity contribution in [2.75, 3.05) is 13.6 Å². The van der Waals surface area contributed by atoms with Gasteiger partial charge in [-0.3, -0.25) is 4.79 Å². The Kier molecular flexibility index (Phi) is 4.03. The van der Waals surface area contributed by atoms with Crippen molar-refractivity contribution in [2.24, 2.45) is 11.8 Å². The van der Waals surface area contributed by atoms with Crippen molar-refractivity contribution >= 4 is 5.91 Å². The highest BCUT2D eigenvalue weighted by Gasteiger charge is 2.24. The van der Waals surface area contributed by atoms with Crippen LogP contribution in [0.2, 0.25) is 0 Å². The second-order valence-electron chi connectivity index (χ2n) is 5.35. The second-order valence-corrected chi connectivity index (χ2v) is 5.35. The van der Waals surface area contributed by atoms with Crippen LogP contribution < -0.4 is 0 Å². The summed E-state index contributed by atoms with van der Waals surface area (Å²) in [5.41, 5.74) is 0. The Morgan fingerprint density at radius 2 is 2.00 bits per heavy atom. The minimum atomic E-state index is 0.261. The third-order valence-corrected chi connectivity index (χ3v) is 4.00. The number of hydrogen-bond acceptors (Lipinski definition) is 1. The van der Waals surface area contributed by atoms with Crippen LogP contribution in [-0.2, 0) is 4.79 Å². The molecule has 0 N–H and O–H groups in total. The molecule has 0 radical (unpaired) electrons. The van der Waals surface area contributed by atoms with E-state index in [2.05, 4.69) is 12.2 Å². The van der Waals surface area contributed by atoms with Gasteiger partial charge in [0, 0.05) is 19.5 Å². The lowest BCUT2D eigenvalue weighted by Crippen LogP contribution is -2.36. The zero-order valence-corrected chi connectivity index (χ0v) is 10.3. The van der Waals surface area contributed by atoms with Crippen LogP contribution in [0.15, 0.2) is 12.2 Å². The second kappa shape index (κ2) is 5.51. The van der Waals surface area contributed by atoms with Crippen LogP contribution in [0.3, 0.4) is 0 Å². The van der Waals surface area contributed by atoms with Crippen molar-refractivity contribution in [1.29, 1.82) is 0 Å². The van der Waals surface area contributed by atoms with Gasteiger partial charge in [-0.05, 0) is 38.0 Å². The zero-order valence-electron chi connectivity index (χ0n) is 10.3. The Labute approximate surface area is 98.7 Å². The first-order valence-electron chi connectivity index (χ1n) is 6.67. The summed E-state index contributed by atoms with van der Waals surface area (Å²) in [4.78, 5) is 14.2. The minimum absolute atomic E-state index is 0.261. The molecule has 0 saturated heterocycles. The third-order valence-electron chi connectivity index (χ3n) is 4.00. The SMILES string of the molecule is CN(CC1CCCC1)C(=O)C1CC=CCC1. The highest BCUT2D eigenvalue weighted by molar-refractivity contribution is 5.78. The lowest BCUT2D eigenvalue weighted by molar-refractivity contribution is -0.135. The van der Waals surface area contributed by atoms with Crippen molar-refractivity contribution in [1.82, 2.24) is 4.90 Å². The summed E-state index contributed by atoms with van der Waals surface area (Å²) in [6, 6.07) is 0. The number of nitrogens with zero attached hydrogens (tertiary/aromatic N) is 1. The molecule has 0 aromatic rings. The van der Waals surface area contributed by atoms with Gasteiger partial charge in [-0.2, -0.15) is 0 Å². The lowest BCUT2D eigenvalue weighted by atomic mass is 9.93. The van der Waals surface area contributed by atoms with Gasteiger partial charge in [-0.25, -0.2) is 0 Å². The summed E-state index contributed by atoms with van der Waals surface area (Å²) in [7, 11) is 1.99. The van der Waals surface area contributed by atoms with E-state index in [0.29, 0.717) is 5.91 Å². The van der Waals surface area contributed by atoms with E-state index < -0.39 is 0 Å². The highest BCUT2D eigenvalue weighted by Crippen LogP contribution is 2.26. The highest BCUT2D eigenvalue weighted by atomic mass is 16.2. The number of rotatable bonds is 3. The molecule has 2 heteroatoms. The number of amides is 1. The van der Waals surface area contributed by atoms with Gasteiger partial charge in [0.05, 0.1) is 0 Å². The predicted octanol–water partition coefficient (Wildman–Crippen LogP) is 2.99. The van der Waals surface area contributed by atoms with Gasteiger partial charge in [0.25, 0.3) is 0 Å². The maximum Gasteiger partial charge on any atom is 0.225 e. The van der Waals surface area contributed by atoms with E-state index >= 15 is 0 Å². The minimum Gasteiger partial charge on any atom is -0.345 e. The Morgan fingerprint density at radius 1 is 1.25 bits per heavy atom. The van der Waals surface area contributed by atoms with Gasteiger partial charge in [0.15, 0.2) is 0 Å². The average Bonchev–Trinajstić information content (AvgIpc) is 2.82. The molecule has 0 aromatic heterocycles. The number of carbonyl (C=O) groups is 1. The molecule has 0 spiro atoms. The van der Waals surface area contributed by atoms with Gasteiger partial charge in [0.2, 0.25) is 5.91 Å². The number of carbonyl (C=O) groups excluding carboxylic acids is 1. The molecular weight excluding hydrogens is 198 g/mol. The van der Waals surface area contributed by atoms with Crippen LogP contribution in [0.4, 0.5) is 0 Å². The molecular formula is C14H23NO. The van der Waals surface area contributed by atoms with Crippen molar-refractivity contribution in [3.05, 3.63) is 12.2 Å². The predicted molar refractivity (Wildman–Crippen MR) is 66.1 cm³/mol. The standard InChI is InChI=1S/C14H23NO/c1-15(11-12-7-5-6-8-12)14(16)13-9-3-2-4-10-13/h2-3,12-13H,4-11H2,1H3. The molecule has 2 aliphatic carbocycles. The lowest BCUT2D eigenvalue weighted by Gasteiger charge is -2.26. The van der Waals surface area contributed by atoms with Crippen LogP contribution in [0.1, 0.15) is 44.9 Å². The van der Waals surface area contributed by atoms with Crippen LogP contribution in [0.25, 0.3) is 0 Å². The smallest absolute Gasteiger partial charge is 0.225 e. The summed E-state index contributed by atoms with van der Waals surface area (Å²) in [5, 5.41) is 0. The fourth-order valence-corrected chi connectivity index (χ4v) is 3.00. The van der Waals surface area contributed by atoms with Crippen LogP contribution in [-0.4, -0.2) is 24.4 Å². The maximum absolute atomic E-state index is 12.2. The van der Waals surface area contributed by atoms with Crippen molar-refractivity contribution in [3.63, 3.8) is 0 Å². The molecule has 0 aromatic carbocycles. The molecule has 0 bridgehead atoms. The van der Waals surface area contributed by atoms with Crippen LogP contribution >= 0.6 is 0 Å². The summed E-state index contributed by atoms with van der Waals surface area (Å²) < 4.78 is 0. The summed E-state index contributed by atoms with van der Waals surface area (Å²) >= 11 is 0. The molecule has 1 atom stereocenters. The van der Waals surface area contributed by atoms with Crippen LogP contribution in [0.5, 0.6) is 0 Å². The van der Waals surface area contributed by atoms with Crippen LogP contribution in [0, 0.1) is 11.8 Å². The molecule has 2 aliphatic rings. The van der Waals surface area contributed by atoms with Gasteiger partial charge >= 0.3 is 0 Å². The fraction of sp³-hybridized carbons (Fsp3) is 0.786. The summed E-state index contributed by atoms with van der Waals surface area (Å²) in [6.45, 7) is 0.985. The van der Waals surface area contributed by atoms with Gasteiger partial charge in [-0.1, -0.05) is 25.0 Å². The summed E-state index contributed by atoms with van der Waals surface area (Å²) in [5.74, 6) is 1.40. The molecule has 16 heavy (non-hydrogen) atoms. The molecule has 1 amide bonds. The summed E-state index contributed by atoms with van der Waals surface area (Å²) in [6.07, 6.45) is 12.8. The average molecular weight is 221 g/mol. The van der Waals surface area contributed by atoms with Gasteiger partial charge < -0.3 is 4.90 Å². The van der Waals surface area contributed by atoms with E-state index in [4.69, 9.17) is 0 Å². The normalized spacial score (nSPS) is 25.9. The molecule has 0 aliphatic heterocycles. The van der Waals surface area contributed by atoms with E-state index in [9.17, 15) is 4.79 Å². The Balaban J connectivity index is 1.80. The van der Waals surface area contributed by atoms with E-state index in [1.807, 2.05) is 11.9 Å². The Hall–Kier alpha value is -0.790. The van der Waals surface area contributed by atoms with E-state index in [1.54, 1.807) is 0 Å². The third kappa shape index (κ3) is 2.87. The zero-order chi connectivity index (χ0) is 11.4. The maximum atomic E-state index is 12.2. The van der Waals surface area contributed by atoms with Crippen molar-refractivity contribution in [3.8, 4) is 0 Å². The first-order valence-corrected chi connectivity index (χ1v) is 6.67. The van der Waals surface area contributed by atoms with E-state index in [-0.39, 0.29) is 5.92 Å². The molecule has 90 valence electrons. The molecule has 0 heterocycles. The number of hydrogen-bond donors (Lipinski definition) is 0. The molecule has 1 fully saturated rings. The molecule has 2 nitrogen and oxygen atoms in total.